The van der Waals surface area contributed by atoms with E-state index >= 15 is 0 Å². The van der Waals surface area contributed by atoms with Crippen LogP contribution in [-0.2, 0) is 20.7 Å². The van der Waals surface area contributed by atoms with Gasteiger partial charge in [0.05, 0.1) is 20.0 Å². The van der Waals surface area contributed by atoms with Crippen molar-refractivity contribution in [1.29, 1.82) is 0 Å². The number of benzene rings is 2. The van der Waals surface area contributed by atoms with E-state index in [0.29, 0.717) is 16.8 Å². The number of hydrogen-bond acceptors (Lipinski definition) is 4. The quantitative estimate of drug-likeness (QED) is 0.744. The first-order valence-electron chi connectivity index (χ1n) is 7.97. The van der Waals surface area contributed by atoms with Gasteiger partial charge >= 0.3 is 5.97 Å². The van der Waals surface area contributed by atoms with Gasteiger partial charge in [-0.25, -0.2) is 4.39 Å². The second-order valence-electron chi connectivity index (χ2n) is 5.51. The molecule has 0 unspecified atom stereocenters. The van der Waals surface area contributed by atoms with Crippen LogP contribution in [0, 0.1) is 5.82 Å². The van der Waals surface area contributed by atoms with E-state index in [9.17, 15) is 18.8 Å². The molecule has 0 radical (unpaired) electrons. The standard InChI is InChI=1S/C19H19FN2O4/c1-26-18(24)10-11-21-19(25)14-4-8-16(9-5-14)22-17(23)12-13-2-6-15(20)7-3-13/h2-9H,10-12H2,1H3,(H,21,25)(H,22,23). The Morgan fingerprint density at radius 3 is 2.27 bits per heavy atom. The molecule has 0 bridgehead atoms. The molecule has 0 saturated carbocycles. The molecule has 0 heterocycles. The zero-order valence-electron chi connectivity index (χ0n) is 14.3. The minimum atomic E-state index is -0.399. The van der Waals surface area contributed by atoms with Crippen molar-refractivity contribution in [3.05, 3.63) is 65.5 Å². The molecule has 0 spiro atoms. The second kappa shape index (κ2) is 9.31. The SMILES string of the molecule is COC(=O)CCNC(=O)c1ccc(NC(=O)Cc2ccc(F)cc2)cc1. The lowest BCUT2D eigenvalue weighted by atomic mass is 10.1. The molecular formula is C19H19FN2O4. The van der Waals surface area contributed by atoms with E-state index in [1.165, 1.54) is 19.2 Å². The Morgan fingerprint density at radius 2 is 1.65 bits per heavy atom. The maximum Gasteiger partial charge on any atom is 0.307 e. The summed E-state index contributed by atoms with van der Waals surface area (Å²) in [5, 5.41) is 5.32. The van der Waals surface area contributed by atoms with Gasteiger partial charge in [0.2, 0.25) is 5.91 Å². The predicted molar refractivity (Wildman–Crippen MR) is 94.1 cm³/mol. The van der Waals surface area contributed by atoms with Crippen molar-refractivity contribution in [3.63, 3.8) is 0 Å². The van der Waals surface area contributed by atoms with Crippen LogP contribution in [0.4, 0.5) is 10.1 Å². The number of carbonyl (C=O) groups excluding carboxylic acids is 3. The Hall–Kier alpha value is -3.22. The number of halogens is 1. The summed E-state index contributed by atoms with van der Waals surface area (Å²) in [6.07, 6.45) is 0.218. The first-order valence-corrected chi connectivity index (χ1v) is 7.97. The van der Waals surface area contributed by atoms with Crippen LogP contribution in [0.1, 0.15) is 22.3 Å². The van der Waals surface area contributed by atoms with Crippen LogP contribution in [-0.4, -0.2) is 31.4 Å². The summed E-state index contributed by atoms with van der Waals surface area (Å²) >= 11 is 0. The molecule has 2 aromatic carbocycles. The van der Waals surface area contributed by atoms with Crippen LogP contribution in [0.15, 0.2) is 48.5 Å². The van der Waals surface area contributed by atoms with Crippen molar-refractivity contribution in [2.45, 2.75) is 12.8 Å². The maximum absolute atomic E-state index is 12.9. The number of ether oxygens (including phenoxy) is 1. The normalized spacial score (nSPS) is 10.1. The van der Waals surface area contributed by atoms with Gasteiger partial charge in [-0.05, 0) is 42.0 Å². The van der Waals surface area contributed by atoms with Crippen molar-refractivity contribution in [2.75, 3.05) is 19.0 Å². The fourth-order valence-corrected chi connectivity index (χ4v) is 2.18. The minimum Gasteiger partial charge on any atom is -0.469 e. The van der Waals surface area contributed by atoms with Crippen LogP contribution in [0.2, 0.25) is 0 Å². The van der Waals surface area contributed by atoms with E-state index in [-0.39, 0.29) is 37.0 Å². The molecule has 0 aliphatic rings. The van der Waals surface area contributed by atoms with E-state index in [2.05, 4.69) is 15.4 Å². The van der Waals surface area contributed by atoms with Crippen LogP contribution in [0.5, 0.6) is 0 Å². The molecular weight excluding hydrogens is 339 g/mol. The number of anilines is 1. The minimum absolute atomic E-state index is 0.0970. The van der Waals surface area contributed by atoms with Crippen LogP contribution in [0.3, 0.4) is 0 Å². The van der Waals surface area contributed by atoms with Crippen LogP contribution < -0.4 is 10.6 Å². The summed E-state index contributed by atoms with van der Waals surface area (Å²) in [6.45, 7) is 0.182. The summed E-state index contributed by atoms with van der Waals surface area (Å²) in [6, 6.07) is 12.1. The number of amides is 2. The fourth-order valence-electron chi connectivity index (χ4n) is 2.18. The average molecular weight is 358 g/mol. The summed E-state index contributed by atoms with van der Waals surface area (Å²) < 4.78 is 17.3. The maximum atomic E-state index is 12.9. The number of carbonyl (C=O) groups is 3. The number of methoxy groups -OCH3 is 1. The van der Waals surface area contributed by atoms with E-state index in [0.717, 1.165) is 0 Å². The van der Waals surface area contributed by atoms with Gasteiger partial charge < -0.3 is 15.4 Å². The van der Waals surface area contributed by atoms with E-state index in [1.54, 1.807) is 36.4 Å². The lowest BCUT2D eigenvalue weighted by Gasteiger charge is -2.07. The highest BCUT2D eigenvalue weighted by Gasteiger charge is 2.08. The smallest absolute Gasteiger partial charge is 0.307 e. The molecule has 7 heteroatoms. The number of esters is 1. The molecule has 2 amide bonds. The van der Waals surface area contributed by atoms with Gasteiger partial charge in [0.25, 0.3) is 5.91 Å². The summed E-state index contributed by atoms with van der Waals surface area (Å²) in [4.78, 5) is 34.9. The molecule has 0 atom stereocenters. The number of hydrogen-bond donors (Lipinski definition) is 2. The van der Waals surface area contributed by atoms with Crippen molar-refractivity contribution >= 4 is 23.5 Å². The molecule has 136 valence electrons. The molecule has 0 aliphatic heterocycles. The Labute approximate surface area is 150 Å². The number of nitrogens with one attached hydrogen (secondary N) is 2. The molecule has 2 N–H and O–H groups in total. The summed E-state index contributed by atoms with van der Waals surface area (Å²) in [5.41, 5.74) is 1.65. The Kier molecular flexibility index (Phi) is 6.84. The molecule has 0 aromatic heterocycles. The second-order valence-corrected chi connectivity index (χ2v) is 5.51. The fraction of sp³-hybridized carbons (Fsp3) is 0.211. The highest BCUT2D eigenvalue weighted by molar-refractivity contribution is 5.96. The Bertz CT molecular complexity index is 773. The van der Waals surface area contributed by atoms with Gasteiger partial charge in [0, 0.05) is 17.8 Å². The van der Waals surface area contributed by atoms with Crippen molar-refractivity contribution in [2.24, 2.45) is 0 Å². The molecule has 0 aliphatic carbocycles. The Morgan fingerprint density at radius 1 is 1.00 bits per heavy atom. The van der Waals surface area contributed by atoms with Gasteiger partial charge in [-0.15, -0.1) is 0 Å². The third kappa shape index (κ3) is 6.01. The zero-order chi connectivity index (χ0) is 18.9. The predicted octanol–water partition coefficient (Wildman–Crippen LogP) is 2.30. The van der Waals surface area contributed by atoms with Crippen molar-refractivity contribution in [3.8, 4) is 0 Å². The highest BCUT2D eigenvalue weighted by Crippen LogP contribution is 2.11. The molecule has 26 heavy (non-hydrogen) atoms. The van der Waals surface area contributed by atoms with Gasteiger partial charge in [-0.2, -0.15) is 0 Å². The van der Waals surface area contributed by atoms with Gasteiger partial charge in [0.1, 0.15) is 5.82 Å². The molecule has 2 aromatic rings. The Balaban J connectivity index is 1.84. The molecule has 6 nitrogen and oxygen atoms in total. The third-order valence-electron chi connectivity index (χ3n) is 3.55. The van der Waals surface area contributed by atoms with Crippen LogP contribution >= 0.6 is 0 Å². The zero-order valence-corrected chi connectivity index (χ0v) is 14.3. The first kappa shape index (κ1) is 19.1. The molecule has 0 fully saturated rings. The van der Waals surface area contributed by atoms with Crippen molar-refractivity contribution in [1.82, 2.24) is 5.32 Å². The van der Waals surface area contributed by atoms with Crippen molar-refractivity contribution < 1.29 is 23.5 Å². The van der Waals surface area contributed by atoms with Gasteiger partial charge in [-0.1, -0.05) is 12.1 Å². The molecule has 2 rings (SSSR count). The number of rotatable bonds is 7. The molecule has 0 saturated heterocycles. The summed E-state index contributed by atoms with van der Waals surface area (Å²) in [7, 11) is 1.28. The van der Waals surface area contributed by atoms with Crippen LogP contribution in [0.25, 0.3) is 0 Å². The lowest BCUT2D eigenvalue weighted by Crippen LogP contribution is -2.26. The highest BCUT2D eigenvalue weighted by atomic mass is 19.1. The van der Waals surface area contributed by atoms with Gasteiger partial charge in [-0.3, -0.25) is 14.4 Å². The lowest BCUT2D eigenvalue weighted by molar-refractivity contribution is -0.140. The topological polar surface area (TPSA) is 84.5 Å². The average Bonchev–Trinajstić information content (AvgIpc) is 2.64. The van der Waals surface area contributed by atoms with E-state index in [1.807, 2.05) is 0 Å². The van der Waals surface area contributed by atoms with Gasteiger partial charge in [0.15, 0.2) is 0 Å². The van der Waals surface area contributed by atoms with E-state index < -0.39 is 5.97 Å². The monoisotopic (exact) mass is 358 g/mol. The summed E-state index contributed by atoms with van der Waals surface area (Å²) in [5.74, 6) is -1.32. The largest absolute Gasteiger partial charge is 0.469 e. The first-order chi connectivity index (χ1) is 12.5. The van der Waals surface area contributed by atoms with E-state index in [4.69, 9.17) is 0 Å². The third-order valence-corrected chi connectivity index (χ3v) is 3.55.